The Morgan fingerprint density at radius 3 is 2.59 bits per heavy atom. The van der Waals surface area contributed by atoms with Crippen LogP contribution in [0, 0.1) is 5.92 Å². The summed E-state index contributed by atoms with van der Waals surface area (Å²) in [5.41, 5.74) is 2.54. The number of carbonyl (C=O) groups excluding carboxylic acids is 3. The van der Waals surface area contributed by atoms with E-state index in [1.807, 2.05) is 30.6 Å². The van der Waals surface area contributed by atoms with Gasteiger partial charge in [0.05, 0.1) is 32.5 Å². The van der Waals surface area contributed by atoms with E-state index in [1.54, 1.807) is 37.3 Å². The third-order valence-electron chi connectivity index (χ3n) is 7.20. The van der Waals surface area contributed by atoms with Crippen LogP contribution in [0.2, 0.25) is 0 Å². The first kappa shape index (κ1) is 26.5. The lowest BCUT2D eigenvalue weighted by molar-refractivity contribution is -0.651. The van der Waals surface area contributed by atoms with E-state index in [4.69, 9.17) is 9.47 Å². The second-order valence-electron chi connectivity index (χ2n) is 10.1. The number of nitrogens with one attached hydrogen (secondary N) is 2. The van der Waals surface area contributed by atoms with Crippen LogP contribution in [-0.2, 0) is 9.59 Å². The summed E-state index contributed by atoms with van der Waals surface area (Å²) < 4.78 is 10.8. The molecule has 3 atom stereocenters. The lowest BCUT2D eigenvalue weighted by atomic mass is 9.95. The van der Waals surface area contributed by atoms with Gasteiger partial charge in [-0.2, -0.15) is 0 Å². The zero-order chi connectivity index (χ0) is 26.7. The van der Waals surface area contributed by atoms with E-state index in [0.717, 1.165) is 17.5 Å². The molecule has 4 rings (SSSR count). The summed E-state index contributed by atoms with van der Waals surface area (Å²) in [5, 5.41) is 7.99. The number of benzene rings is 2. The summed E-state index contributed by atoms with van der Waals surface area (Å²) in [5.74, 6) is 1.25. The van der Waals surface area contributed by atoms with Crippen LogP contribution in [-0.4, -0.2) is 68.6 Å². The molecule has 4 N–H and O–H groups in total. The van der Waals surface area contributed by atoms with Gasteiger partial charge in [0.25, 0.3) is 11.8 Å². The van der Waals surface area contributed by atoms with Crippen molar-refractivity contribution in [3.63, 3.8) is 0 Å². The molecule has 1 fully saturated rings. The summed E-state index contributed by atoms with van der Waals surface area (Å²) >= 11 is 0. The van der Waals surface area contributed by atoms with Gasteiger partial charge < -0.3 is 30.3 Å². The summed E-state index contributed by atoms with van der Waals surface area (Å²) in [7, 11) is 5.08. The van der Waals surface area contributed by atoms with Crippen LogP contribution in [0.1, 0.15) is 43.5 Å². The SMILES string of the molecule is C[NH2+][C@@H](CC(C)C)C(=O)N[C@H]1CCN2C(=O)c3cc(-c4ccc(OC)cc4OC)ccc3NC(=O)[C@@H]2C1. The van der Waals surface area contributed by atoms with Crippen molar-refractivity contribution in [1.82, 2.24) is 10.2 Å². The lowest BCUT2D eigenvalue weighted by Gasteiger charge is -2.37. The number of anilines is 1. The van der Waals surface area contributed by atoms with Crippen molar-refractivity contribution in [1.29, 1.82) is 0 Å². The van der Waals surface area contributed by atoms with Crippen LogP contribution in [0.15, 0.2) is 36.4 Å². The Balaban J connectivity index is 1.55. The minimum atomic E-state index is -0.646. The second-order valence-corrected chi connectivity index (χ2v) is 10.1. The average molecular weight is 510 g/mol. The lowest BCUT2D eigenvalue weighted by Crippen LogP contribution is -2.89. The van der Waals surface area contributed by atoms with Crippen LogP contribution in [0.25, 0.3) is 11.1 Å². The molecule has 2 heterocycles. The number of methoxy groups -OCH3 is 2. The molecule has 0 bridgehead atoms. The van der Waals surface area contributed by atoms with Crippen molar-refractivity contribution in [2.75, 3.05) is 33.1 Å². The zero-order valence-electron chi connectivity index (χ0n) is 22.2. The number of piperidine rings is 1. The van der Waals surface area contributed by atoms with Gasteiger partial charge in [0.2, 0.25) is 5.91 Å². The molecule has 9 heteroatoms. The van der Waals surface area contributed by atoms with Crippen LogP contribution < -0.4 is 25.4 Å². The smallest absolute Gasteiger partial charge is 0.278 e. The van der Waals surface area contributed by atoms with Crippen molar-refractivity contribution in [2.24, 2.45) is 5.92 Å². The fourth-order valence-electron chi connectivity index (χ4n) is 5.20. The summed E-state index contributed by atoms with van der Waals surface area (Å²) in [6.45, 7) is 4.58. The predicted molar refractivity (Wildman–Crippen MR) is 141 cm³/mol. The Morgan fingerprint density at radius 2 is 1.92 bits per heavy atom. The highest BCUT2D eigenvalue weighted by Crippen LogP contribution is 2.37. The van der Waals surface area contributed by atoms with E-state index in [1.165, 1.54) is 0 Å². The molecule has 3 amide bonds. The molecule has 0 radical (unpaired) electrons. The fraction of sp³-hybridized carbons (Fsp3) is 0.464. The number of nitrogens with zero attached hydrogens (tertiary/aromatic N) is 1. The van der Waals surface area contributed by atoms with Crippen molar-refractivity contribution in [3.8, 4) is 22.6 Å². The third-order valence-corrected chi connectivity index (χ3v) is 7.20. The topological polar surface area (TPSA) is 114 Å². The van der Waals surface area contributed by atoms with Crippen LogP contribution in [0.3, 0.4) is 0 Å². The van der Waals surface area contributed by atoms with Crippen molar-refractivity contribution >= 4 is 23.4 Å². The number of hydrogen-bond acceptors (Lipinski definition) is 5. The van der Waals surface area contributed by atoms with Gasteiger partial charge in [-0.1, -0.05) is 19.9 Å². The highest BCUT2D eigenvalue weighted by atomic mass is 16.5. The van der Waals surface area contributed by atoms with Crippen LogP contribution >= 0.6 is 0 Å². The maximum atomic E-state index is 13.6. The maximum Gasteiger partial charge on any atom is 0.278 e. The number of hydrogen-bond donors (Lipinski definition) is 3. The minimum Gasteiger partial charge on any atom is -0.497 e. The zero-order valence-corrected chi connectivity index (χ0v) is 22.2. The van der Waals surface area contributed by atoms with Crippen molar-refractivity contribution in [2.45, 2.75) is 51.2 Å². The molecule has 0 unspecified atom stereocenters. The average Bonchev–Trinajstić information content (AvgIpc) is 3.00. The van der Waals surface area contributed by atoms with E-state index in [0.29, 0.717) is 48.1 Å². The van der Waals surface area contributed by atoms with Gasteiger partial charge in [-0.15, -0.1) is 0 Å². The minimum absolute atomic E-state index is 0.0172. The van der Waals surface area contributed by atoms with E-state index in [-0.39, 0.29) is 29.8 Å². The van der Waals surface area contributed by atoms with E-state index < -0.39 is 6.04 Å². The first-order chi connectivity index (χ1) is 17.7. The molecule has 0 saturated carbocycles. The summed E-state index contributed by atoms with van der Waals surface area (Å²) in [6.07, 6.45) is 1.76. The molecule has 198 valence electrons. The Hall–Kier alpha value is -3.59. The quantitative estimate of drug-likeness (QED) is 0.504. The number of ether oxygens (including phenoxy) is 2. The number of quaternary nitrogens is 1. The van der Waals surface area contributed by atoms with Gasteiger partial charge in [0, 0.05) is 30.6 Å². The molecular formula is C28H37N4O5+. The van der Waals surface area contributed by atoms with Crippen LogP contribution in [0.5, 0.6) is 11.5 Å². The standard InChI is InChI=1S/C28H36N4O5/c1-16(2)12-23(29-3)26(33)30-18-10-11-32-24(14-18)27(34)31-22-9-6-17(13-21(22)28(32)35)20-8-7-19(36-4)15-25(20)37-5/h6-9,13,15-16,18,23-24,29H,10-12,14H2,1-5H3,(H,30,33)(H,31,34)/p+1/t18-,23-,24-/m0/s1. The number of likely N-dealkylation sites (N-methyl/N-ethyl adjacent to an activating group) is 1. The molecule has 9 nitrogen and oxygen atoms in total. The Labute approximate surface area is 217 Å². The van der Waals surface area contributed by atoms with Gasteiger partial charge in [0.15, 0.2) is 6.04 Å². The van der Waals surface area contributed by atoms with E-state index >= 15 is 0 Å². The predicted octanol–water partition coefficient (Wildman–Crippen LogP) is 2.02. The Kier molecular flexibility index (Phi) is 8.02. The Morgan fingerprint density at radius 1 is 1.14 bits per heavy atom. The monoisotopic (exact) mass is 509 g/mol. The normalized spacial score (nSPS) is 19.9. The maximum absolute atomic E-state index is 13.6. The molecular weight excluding hydrogens is 472 g/mol. The van der Waals surface area contributed by atoms with Gasteiger partial charge >= 0.3 is 0 Å². The van der Waals surface area contributed by atoms with Gasteiger partial charge in [-0.05, 0) is 48.6 Å². The highest BCUT2D eigenvalue weighted by Gasteiger charge is 2.41. The molecule has 2 aromatic rings. The van der Waals surface area contributed by atoms with Gasteiger partial charge in [-0.25, -0.2) is 0 Å². The molecule has 2 aromatic carbocycles. The van der Waals surface area contributed by atoms with Crippen molar-refractivity contribution in [3.05, 3.63) is 42.0 Å². The van der Waals surface area contributed by atoms with Crippen molar-refractivity contribution < 1.29 is 29.2 Å². The summed E-state index contributed by atoms with van der Waals surface area (Å²) in [4.78, 5) is 41.3. The number of amides is 3. The number of carbonyl (C=O) groups is 3. The van der Waals surface area contributed by atoms with Gasteiger partial charge in [0.1, 0.15) is 17.5 Å². The molecule has 0 aromatic heterocycles. The third kappa shape index (κ3) is 5.56. The number of fused-ring (bicyclic) bond motifs is 2. The molecule has 0 spiro atoms. The van der Waals surface area contributed by atoms with Crippen LogP contribution in [0.4, 0.5) is 5.69 Å². The largest absolute Gasteiger partial charge is 0.497 e. The molecule has 2 aliphatic rings. The number of rotatable bonds is 8. The summed E-state index contributed by atoms with van der Waals surface area (Å²) in [6, 6.07) is 9.96. The fourth-order valence-corrected chi connectivity index (χ4v) is 5.20. The molecule has 0 aliphatic carbocycles. The van der Waals surface area contributed by atoms with E-state index in [9.17, 15) is 14.4 Å². The first-order valence-corrected chi connectivity index (χ1v) is 12.8. The molecule has 1 saturated heterocycles. The molecule has 2 aliphatic heterocycles. The Bertz CT molecular complexity index is 1180. The molecule has 37 heavy (non-hydrogen) atoms. The van der Waals surface area contributed by atoms with E-state index in [2.05, 4.69) is 24.5 Å². The highest BCUT2D eigenvalue weighted by molar-refractivity contribution is 6.10. The number of nitrogens with two attached hydrogens (primary N) is 1. The second kappa shape index (κ2) is 11.2. The first-order valence-electron chi connectivity index (χ1n) is 12.8. The van der Waals surface area contributed by atoms with Gasteiger partial charge in [-0.3, -0.25) is 14.4 Å².